The topological polar surface area (TPSA) is 71.3 Å². The normalized spacial score (nSPS) is 17.4. The number of hydrogen-bond acceptors (Lipinski definition) is 6. The van der Waals surface area contributed by atoms with Gasteiger partial charge in [0.05, 0.1) is 22.3 Å². The van der Waals surface area contributed by atoms with Crippen molar-refractivity contribution in [3.8, 4) is 11.3 Å². The largest absolute Gasteiger partial charge is 0.338 e. The van der Waals surface area contributed by atoms with Crippen LogP contribution < -0.4 is 5.32 Å². The summed E-state index contributed by atoms with van der Waals surface area (Å²) in [5.74, 6) is 0.537. The molecule has 1 aliphatic rings. The van der Waals surface area contributed by atoms with Crippen LogP contribution in [0.1, 0.15) is 38.6 Å². The molecule has 148 valence electrons. The van der Waals surface area contributed by atoms with Gasteiger partial charge in [-0.05, 0) is 65.3 Å². The van der Waals surface area contributed by atoms with Crippen LogP contribution in [0.5, 0.6) is 0 Å². The second-order valence-electron chi connectivity index (χ2n) is 7.65. The number of pyridine rings is 1. The molecule has 1 fully saturated rings. The molecule has 28 heavy (non-hydrogen) atoms. The van der Waals surface area contributed by atoms with Gasteiger partial charge >= 0.3 is 0 Å². The number of nitrogens with zero attached hydrogens (tertiary/aromatic N) is 3. The molecule has 0 aromatic carbocycles. The van der Waals surface area contributed by atoms with Crippen LogP contribution in [0.2, 0.25) is 0 Å². The Morgan fingerprint density at radius 2 is 2.18 bits per heavy atom. The average Bonchev–Trinajstić information content (AvgIpc) is 3.22. The third-order valence-electron chi connectivity index (χ3n) is 5.46. The van der Waals surface area contributed by atoms with Gasteiger partial charge in [0.25, 0.3) is 11.6 Å². The summed E-state index contributed by atoms with van der Waals surface area (Å²) in [5, 5.41) is 8.04. The number of rotatable bonds is 4. The fraction of sp³-hybridized carbons (Fsp3) is 0.476. The molecule has 0 bridgehead atoms. The number of fused-ring (bicyclic) bond motifs is 1. The molecule has 1 saturated heterocycles. The van der Waals surface area contributed by atoms with E-state index in [1.54, 1.807) is 11.3 Å². The van der Waals surface area contributed by atoms with E-state index >= 15 is 0 Å². The van der Waals surface area contributed by atoms with Crippen molar-refractivity contribution in [3.63, 3.8) is 0 Å². The van der Waals surface area contributed by atoms with E-state index < -0.39 is 0 Å². The molecule has 0 radical (unpaired) electrons. The highest BCUT2D eigenvalue weighted by Gasteiger charge is 2.28. The van der Waals surface area contributed by atoms with E-state index in [1.807, 2.05) is 24.9 Å². The minimum absolute atomic E-state index is 0.0466. The summed E-state index contributed by atoms with van der Waals surface area (Å²) >= 11 is 1.73. The second-order valence-corrected chi connectivity index (χ2v) is 9.11. The fourth-order valence-electron chi connectivity index (χ4n) is 4.16. The highest BCUT2D eigenvalue weighted by molar-refractivity contribution is 7.12. The van der Waals surface area contributed by atoms with E-state index in [-0.39, 0.29) is 5.91 Å². The van der Waals surface area contributed by atoms with E-state index in [1.165, 1.54) is 9.75 Å². The average molecular weight is 399 g/mol. The number of thiophene rings is 1. The highest BCUT2D eigenvalue weighted by atomic mass is 32.1. The van der Waals surface area contributed by atoms with Gasteiger partial charge in [-0.3, -0.25) is 4.79 Å². The zero-order chi connectivity index (χ0) is 19.8. The van der Waals surface area contributed by atoms with Crippen molar-refractivity contribution in [1.82, 2.24) is 20.4 Å². The summed E-state index contributed by atoms with van der Waals surface area (Å²) in [4.78, 5) is 22.6. The summed E-state index contributed by atoms with van der Waals surface area (Å²) in [6.45, 7) is 8.53. The molecule has 7 heteroatoms. The van der Waals surface area contributed by atoms with Gasteiger partial charge in [-0.2, -0.15) is 0 Å². The van der Waals surface area contributed by atoms with Crippen LogP contribution in [-0.4, -0.2) is 47.6 Å². The van der Waals surface area contributed by atoms with Gasteiger partial charge in [-0.1, -0.05) is 5.16 Å². The SMILES string of the molecule is CNC[C@H]1CCCN(C(=O)c2cc(-c3cc(C)sc3C)nc3onc(C)c23)C1. The Labute approximate surface area is 168 Å². The molecule has 3 aromatic rings. The van der Waals surface area contributed by atoms with E-state index in [0.717, 1.165) is 49.1 Å². The monoisotopic (exact) mass is 398 g/mol. The Morgan fingerprint density at radius 3 is 2.89 bits per heavy atom. The van der Waals surface area contributed by atoms with Crippen molar-refractivity contribution in [2.24, 2.45) is 5.92 Å². The summed E-state index contributed by atoms with van der Waals surface area (Å²) in [5.41, 5.74) is 3.62. The standard InChI is InChI=1S/C21H26N4O2S/c1-12-8-16(14(3)28-12)18-9-17(19-13(2)24-27-20(19)23-18)21(26)25-7-5-6-15(11-25)10-22-4/h8-9,15,22H,5-7,10-11H2,1-4H3/t15-/m1/s1. The quantitative estimate of drug-likeness (QED) is 0.721. The number of likely N-dealkylation sites (tertiary alicyclic amines) is 1. The zero-order valence-electron chi connectivity index (χ0n) is 16.8. The summed E-state index contributed by atoms with van der Waals surface area (Å²) < 4.78 is 5.46. The van der Waals surface area contributed by atoms with Crippen LogP contribution in [0, 0.1) is 26.7 Å². The van der Waals surface area contributed by atoms with Gasteiger partial charge in [0.15, 0.2) is 0 Å². The summed E-state index contributed by atoms with van der Waals surface area (Å²) in [7, 11) is 1.96. The Bertz CT molecular complexity index is 1020. The third-order valence-corrected chi connectivity index (χ3v) is 6.43. The Hall–Kier alpha value is -2.25. The molecular weight excluding hydrogens is 372 g/mol. The lowest BCUT2D eigenvalue weighted by Crippen LogP contribution is -2.42. The van der Waals surface area contributed by atoms with Crippen molar-refractivity contribution in [2.75, 3.05) is 26.7 Å². The van der Waals surface area contributed by atoms with Crippen molar-refractivity contribution < 1.29 is 9.32 Å². The van der Waals surface area contributed by atoms with Crippen LogP contribution >= 0.6 is 11.3 Å². The highest BCUT2D eigenvalue weighted by Crippen LogP contribution is 2.33. The van der Waals surface area contributed by atoms with Crippen molar-refractivity contribution in [1.29, 1.82) is 0 Å². The molecule has 1 aliphatic heterocycles. The molecule has 1 N–H and O–H groups in total. The first-order valence-corrected chi connectivity index (χ1v) is 10.6. The lowest BCUT2D eigenvalue weighted by molar-refractivity contribution is 0.0676. The number of nitrogens with one attached hydrogen (secondary N) is 1. The maximum absolute atomic E-state index is 13.5. The van der Waals surface area contributed by atoms with Crippen LogP contribution in [-0.2, 0) is 0 Å². The van der Waals surface area contributed by atoms with Gasteiger partial charge in [-0.15, -0.1) is 11.3 Å². The number of carbonyl (C=O) groups excluding carboxylic acids is 1. The predicted molar refractivity (Wildman–Crippen MR) is 112 cm³/mol. The van der Waals surface area contributed by atoms with E-state index in [0.29, 0.717) is 22.9 Å². The maximum atomic E-state index is 13.5. The van der Waals surface area contributed by atoms with Crippen LogP contribution in [0.15, 0.2) is 16.7 Å². The first-order chi connectivity index (χ1) is 13.5. The van der Waals surface area contributed by atoms with E-state index in [4.69, 9.17) is 4.52 Å². The van der Waals surface area contributed by atoms with Crippen LogP contribution in [0.25, 0.3) is 22.4 Å². The first kappa shape index (κ1) is 19.1. The Balaban J connectivity index is 1.77. The number of hydrogen-bond donors (Lipinski definition) is 1. The lowest BCUT2D eigenvalue weighted by atomic mass is 9.96. The first-order valence-electron chi connectivity index (χ1n) is 9.76. The molecule has 4 heterocycles. The van der Waals surface area contributed by atoms with Crippen LogP contribution in [0.4, 0.5) is 0 Å². The smallest absolute Gasteiger partial charge is 0.259 e. The minimum Gasteiger partial charge on any atom is -0.338 e. The summed E-state index contributed by atoms with van der Waals surface area (Å²) in [6.07, 6.45) is 2.19. The zero-order valence-corrected chi connectivity index (χ0v) is 17.7. The van der Waals surface area contributed by atoms with Crippen molar-refractivity contribution >= 4 is 28.3 Å². The van der Waals surface area contributed by atoms with Crippen molar-refractivity contribution in [3.05, 3.63) is 33.1 Å². The number of aryl methyl sites for hydroxylation is 3. The second kappa shape index (κ2) is 7.64. The van der Waals surface area contributed by atoms with Gasteiger partial charge in [-0.25, -0.2) is 4.98 Å². The number of aromatic nitrogens is 2. The molecular formula is C21H26N4O2S. The molecule has 4 rings (SSSR count). The third kappa shape index (κ3) is 3.44. The maximum Gasteiger partial charge on any atom is 0.259 e. The summed E-state index contributed by atoms with van der Waals surface area (Å²) in [6, 6.07) is 4.04. The molecule has 0 spiro atoms. The molecule has 0 saturated carbocycles. The Morgan fingerprint density at radius 1 is 1.36 bits per heavy atom. The predicted octanol–water partition coefficient (Wildman–Crippen LogP) is 3.95. The Kier molecular flexibility index (Phi) is 5.21. The van der Waals surface area contributed by atoms with Crippen LogP contribution in [0.3, 0.4) is 0 Å². The molecule has 6 nitrogen and oxygen atoms in total. The number of amides is 1. The van der Waals surface area contributed by atoms with Gasteiger partial charge in [0, 0.05) is 28.4 Å². The lowest BCUT2D eigenvalue weighted by Gasteiger charge is -2.33. The van der Waals surface area contributed by atoms with E-state index in [9.17, 15) is 4.79 Å². The van der Waals surface area contributed by atoms with E-state index in [2.05, 4.69) is 35.4 Å². The number of carbonyl (C=O) groups is 1. The molecule has 1 atom stereocenters. The van der Waals surface area contributed by atoms with Gasteiger partial charge < -0.3 is 14.7 Å². The van der Waals surface area contributed by atoms with Crippen molar-refractivity contribution in [2.45, 2.75) is 33.6 Å². The fourth-order valence-corrected chi connectivity index (χ4v) is 5.09. The van der Waals surface area contributed by atoms with Gasteiger partial charge in [0.2, 0.25) is 0 Å². The molecule has 0 unspecified atom stereocenters. The molecule has 3 aromatic heterocycles. The number of piperidine rings is 1. The molecule has 0 aliphatic carbocycles. The minimum atomic E-state index is 0.0466. The van der Waals surface area contributed by atoms with Gasteiger partial charge in [0.1, 0.15) is 0 Å². The molecule has 1 amide bonds.